The second kappa shape index (κ2) is 7.90. The van der Waals surface area contributed by atoms with Crippen LogP contribution in [-0.4, -0.2) is 41.8 Å². The van der Waals surface area contributed by atoms with Crippen molar-refractivity contribution in [1.82, 2.24) is 9.80 Å². The van der Waals surface area contributed by atoms with Crippen LogP contribution < -0.4 is 4.74 Å². The van der Waals surface area contributed by atoms with Gasteiger partial charge in [0.15, 0.2) is 5.75 Å². The summed E-state index contributed by atoms with van der Waals surface area (Å²) in [6, 6.07) is 24.4. The molecule has 2 aliphatic rings. The van der Waals surface area contributed by atoms with Gasteiger partial charge in [-0.3, -0.25) is 4.90 Å². The van der Waals surface area contributed by atoms with Crippen molar-refractivity contribution >= 4 is 23.1 Å². The van der Waals surface area contributed by atoms with E-state index in [1.54, 1.807) is 0 Å². The molecule has 29 heavy (non-hydrogen) atoms. The van der Waals surface area contributed by atoms with E-state index in [9.17, 15) is 0 Å². The van der Waals surface area contributed by atoms with Crippen LogP contribution in [0.1, 0.15) is 11.1 Å². The number of amidine groups is 1. The van der Waals surface area contributed by atoms with Crippen molar-refractivity contribution in [3.8, 4) is 11.5 Å². The number of piperazine rings is 1. The second-order valence-corrected chi connectivity index (χ2v) is 7.83. The zero-order chi connectivity index (χ0) is 19.6. The monoisotopic (exact) mass is 403 g/mol. The Hall–Kier alpha value is -2.82. The van der Waals surface area contributed by atoms with Crippen LogP contribution in [0.5, 0.6) is 11.5 Å². The number of ether oxygens (including phenoxy) is 1. The minimum Gasteiger partial charge on any atom is -0.454 e. The van der Waals surface area contributed by atoms with Gasteiger partial charge in [-0.2, -0.15) is 0 Å². The normalized spacial score (nSPS) is 16.3. The molecule has 2 heterocycles. The number of hydrogen-bond acceptors (Lipinski definition) is 4. The van der Waals surface area contributed by atoms with E-state index < -0.39 is 0 Å². The number of halogens is 1. The molecule has 0 aromatic heterocycles. The molecule has 0 saturated carbocycles. The Morgan fingerprint density at radius 1 is 0.828 bits per heavy atom. The van der Waals surface area contributed by atoms with E-state index in [0.717, 1.165) is 61.3 Å². The third kappa shape index (κ3) is 3.86. The largest absolute Gasteiger partial charge is 0.454 e. The predicted molar refractivity (Wildman–Crippen MR) is 117 cm³/mol. The summed E-state index contributed by atoms with van der Waals surface area (Å²) in [7, 11) is 0. The van der Waals surface area contributed by atoms with Crippen LogP contribution in [0, 0.1) is 0 Å². The highest BCUT2D eigenvalue weighted by molar-refractivity contribution is 6.31. The predicted octanol–water partition coefficient (Wildman–Crippen LogP) is 5.34. The summed E-state index contributed by atoms with van der Waals surface area (Å²) in [4.78, 5) is 9.85. The molecule has 0 amide bonds. The molecule has 0 bridgehead atoms. The smallest absolute Gasteiger partial charge is 0.153 e. The van der Waals surface area contributed by atoms with Crippen molar-refractivity contribution in [1.29, 1.82) is 0 Å². The topological polar surface area (TPSA) is 28.1 Å². The lowest BCUT2D eigenvalue weighted by Gasteiger charge is -2.36. The van der Waals surface area contributed by atoms with Gasteiger partial charge < -0.3 is 9.64 Å². The van der Waals surface area contributed by atoms with Gasteiger partial charge in [0, 0.05) is 37.7 Å². The summed E-state index contributed by atoms with van der Waals surface area (Å²) in [5.41, 5.74) is 3.15. The molecule has 0 atom stereocenters. The number of hydrogen-bond donors (Lipinski definition) is 0. The lowest BCUT2D eigenvalue weighted by molar-refractivity contribution is 0.175. The van der Waals surface area contributed by atoms with Gasteiger partial charge in [-0.25, -0.2) is 4.99 Å². The van der Waals surface area contributed by atoms with Crippen LogP contribution in [0.2, 0.25) is 5.02 Å². The maximum Gasteiger partial charge on any atom is 0.153 e. The van der Waals surface area contributed by atoms with Gasteiger partial charge in [0.05, 0.1) is 5.56 Å². The zero-order valence-electron chi connectivity index (χ0n) is 16.1. The van der Waals surface area contributed by atoms with E-state index in [2.05, 4.69) is 46.2 Å². The summed E-state index contributed by atoms with van der Waals surface area (Å²) in [6.07, 6.45) is 0. The second-order valence-electron chi connectivity index (χ2n) is 7.39. The zero-order valence-corrected chi connectivity index (χ0v) is 16.8. The van der Waals surface area contributed by atoms with Gasteiger partial charge in [0.2, 0.25) is 0 Å². The van der Waals surface area contributed by atoms with E-state index in [1.165, 1.54) is 5.56 Å². The Kier molecular flexibility index (Phi) is 4.96. The summed E-state index contributed by atoms with van der Waals surface area (Å²) in [5.74, 6) is 2.53. The molecule has 0 aliphatic carbocycles. The fourth-order valence-corrected chi connectivity index (χ4v) is 4.06. The van der Waals surface area contributed by atoms with Crippen molar-refractivity contribution in [3.05, 3.63) is 88.9 Å². The third-order valence-electron chi connectivity index (χ3n) is 5.42. The van der Waals surface area contributed by atoms with Crippen LogP contribution >= 0.6 is 11.6 Å². The Morgan fingerprint density at radius 2 is 1.59 bits per heavy atom. The molecule has 3 aromatic rings. The highest BCUT2D eigenvalue weighted by Crippen LogP contribution is 2.39. The average Bonchev–Trinajstić information content (AvgIpc) is 2.92. The maximum atomic E-state index is 6.23. The van der Waals surface area contributed by atoms with E-state index in [0.29, 0.717) is 5.02 Å². The van der Waals surface area contributed by atoms with Crippen molar-refractivity contribution < 1.29 is 4.74 Å². The first-order valence-corrected chi connectivity index (χ1v) is 10.3. The van der Waals surface area contributed by atoms with Crippen LogP contribution in [0.25, 0.3) is 0 Å². The maximum absolute atomic E-state index is 6.23. The molecule has 5 rings (SSSR count). The van der Waals surface area contributed by atoms with Gasteiger partial charge in [-0.05, 0) is 35.9 Å². The Balaban J connectivity index is 1.41. The van der Waals surface area contributed by atoms with Crippen molar-refractivity contribution in [2.24, 2.45) is 4.99 Å². The first kappa shape index (κ1) is 18.2. The number of rotatable bonds is 2. The molecule has 146 valence electrons. The molecule has 4 nitrogen and oxygen atoms in total. The number of para-hydroxylation sites is 1. The molecular weight excluding hydrogens is 382 g/mol. The van der Waals surface area contributed by atoms with E-state index in [4.69, 9.17) is 21.3 Å². The summed E-state index contributed by atoms with van der Waals surface area (Å²) >= 11 is 6.23. The molecule has 5 heteroatoms. The molecular formula is C24H22ClN3O. The number of fused-ring (bicyclic) bond motifs is 2. The van der Waals surface area contributed by atoms with E-state index in [1.807, 2.05) is 36.4 Å². The Morgan fingerprint density at radius 3 is 2.41 bits per heavy atom. The van der Waals surface area contributed by atoms with Crippen LogP contribution in [-0.2, 0) is 6.54 Å². The highest BCUT2D eigenvalue weighted by Gasteiger charge is 2.25. The van der Waals surface area contributed by atoms with Gasteiger partial charge >= 0.3 is 0 Å². The molecule has 1 fully saturated rings. The van der Waals surface area contributed by atoms with Gasteiger partial charge in [0.25, 0.3) is 0 Å². The highest BCUT2D eigenvalue weighted by atomic mass is 35.5. The van der Waals surface area contributed by atoms with Gasteiger partial charge in [0.1, 0.15) is 17.3 Å². The molecule has 0 unspecified atom stereocenters. The minimum absolute atomic E-state index is 0.661. The minimum atomic E-state index is 0.661. The summed E-state index contributed by atoms with van der Waals surface area (Å²) < 4.78 is 6.17. The number of nitrogens with zero attached hydrogens (tertiary/aromatic N) is 3. The summed E-state index contributed by atoms with van der Waals surface area (Å²) in [5, 5.41) is 0.661. The third-order valence-corrected chi connectivity index (χ3v) is 5.65. The molecule has 0 N–H and O–H groups in total. The van der Waals surface area contributed by atoms with Crippen LogP contribution in [0.3, 0.4) is 0 Å². The van der Waals surface area contributed by atoms with E-state index in [-0.39, 0.29) is 0 Å². The fourth-order valence-electron chi connectivity index (χ4n) is 3.90. The number of benzene rings is 3. The fraction of sp³-hybridized carbons (Fsp3) is 0.208. The lowest BCUT2D eigenvalue weighted by atomic mass is 10.1. The van der Waals surface area contributed by atoms with E-state index >= 15 is 0 Å². The standard InChI is InChI=1S/C24H22ClN3O/c25-19-10-11-23-21(16-19)26-24(20-8-4-5-9-22(20)29-23)28-14-12-27(13-15-28)17-18-6-2-1-3-7-18/h1-11,16H,12-15,17H2. The molecule has 0 radical (unpaired) electrons. The first-order chi connectivity index (χ1) is 14.3. The van der Waals surface area contributed by atoms with Gasteiger partial charge in [-0.1, -0.05) is 54.1 Å². The molecule has 3 aromatic carbocycles. The average molecular weight is 404 g/mol. The lowest BCUT2D eigenvalue weighted by Crippen LogP contribution is -2.48. The van der Waals surface area contributed by atoms with Crippen LogP contribution in [0.4, 0.5) is 5.69 Å². The number of aliphatic imine (C=N–C) groups is 1. The SMILES string of the molecule is Clc1ccc2c(c1)N=C(N1CCN(Cc3ccccc3)CC1)c1ccccc1O2. The van der Waals surface area contributed by atoms with Gasteiger partial charge in [-0.15, -0.1) is 0 Å². The van der Waals surface area contributed by atoms with Crippen LogP contribution in [0.15, 0.2) is 77.8 Å². The summed E-state index contributed by atoms with van der Waals surface area (Å²) in [6.45, 7) is 4.84. The Labute approximate surface area is 176 Å². The van der Waals surface area contributed by atoms with Crippen molar-refractivity contribution in [3.63, 3.8) is 0 Å². The van der Waals surface area contributed by atoms with Crippen molar-refractivity contribution in [2.75, 3.05) is 26.2 Å². The molecule has 2 aliphatic heterocycles. The Bertz CT molecular complexity index is 1040. The molecule has 0 spiro atoms. The van der Waals surface area contributed by atoms with Crippen molar-refractivity contribution in [2.45, 2.75) is 6.54 Å². The molecule has 1 saturated heterocycles. The first-order valence-electron chi connectivity index (χ1n) is 9.93. The quantitative estimate of drug-likeness (QED) is 0.578.